The summed E-state index contributed by atoms with van der Waals surface area (Å²) in [6.45, 7) is 2.33. The van der Waals surface area contributed by atoms with Gasteiger partial charge in [0.25, 0.3) is 0 Å². The quantitative estimate of drug-likeness (QED) is 0.813. The Morgan fingerprint density at radius 2 is 2.04 bits per heavy atom. The normalized spacial score (nSPS) is 26.8. The van der Waals surface area contributed by atoms with Gasteiger partial charge in [-0.05, 0) is 24.1 Å². The molecule has 5 nitrogen and oxygen atoms in total. The molecular formula is C16H19FN2O3S2. The topological polar surface area (TPSA) is 66.8 Å². The van der Waals surface area contributed by atoms with Gasteiger partial charge in [0.05, 0.1) is 17.5 Å². The van der Waals surface area contributed by atoms with Crippen LogP contribution in [-0.4, -0.2) is 47.2 Å². The molecule has 0 saturated carbocycles. The smallest absolute Gasteiger partial charge is 0.248 e. The highest BCUT2D eigenvalue weighted by Crippen LogP contribution is 2.39. The third-order valence-corrected chi connectivity index (χ3v) is 7.37. The van der Waals surface area contributed by atoms with Gasteiger partial charge in [-0.2, -0.15) is 4.99 Å². The van der Waals surface area contributed by atoms with Gasteiger partial charge in [0.15, 0.2) is 15.0 Å². The van der Waals surface area contributed by atoms with Gasteiger partial charge in [0, 0.05) is 18.2 Å². The van der Waals surface area contributed by atoms with Crippen LogP contribution < -0.4 is 0 Å². The Balaban J connectivity index is 1.86. The van der Waals surface area contributed by atoms with E-state index in [0.29, 0.717) is 18.1 Å². The minimum absolute atomic E-state index is 0.0762. The van der Waals surface area contributed by atoms with Crippen molar-refractivity contribution < 1.29 is 17.6 Å². The molecule has 1 aromatic rings. The number of rotatable bonds is 4. The Hall–Kier alpha value is -1.41. The lowest BCUT2D eigenvalue weighted by molar-refractivity contribution is -0.117. The summed E-state index contributed by atoms with van der Waals surface area (Å²) in [6.07, 6.45) is 1.10. The molecule has 24 heavy (non-hydrogen) atoms. The first-order valence-electron chi connectivity index (χ1n) is 7.87. The van der Waals surface area contributed by atoms with Crippen molar-refractivity contribution in [2.75, 3.05) is 11.5 Å². The van der Waals surface area contributed by atoms with Gasteiger partial charge in [0.2, 0.25) is 5.91 Å². The first-order chi connectivity index (χ1) is 11.4. The van der Waals surface area contributed by atoms with Gasteiger partial charge < -0.3 is 4.90 Å². The van der Waals surface area contributed by atoms with E-state index in [-0.39, 0.29) is 34.5 Å². The number of thioether (sulfide) groups is 1. The largest absolute Gasteiger partial charge is 0.342 e. The van der Waals surface area contributed by atoms with E-state index in [4.69, 9.17) is 0 Å². The molecule has 2 atom stereocenters. The minimum Gasteiger partial charge on any atom is -0.342 e. The van der Waals surface area contributed by atoms with Crippen LogP contribution in [0.1, 0.15) is 25.3 Å². The highest BCUT2D eigenvalue weighted by molar-refractivity contribution is 8.15. The molecular weight excluding hydrogens is 351 g/mol. The van der Waals surface area contributed by atoms with E-state index >= 15 is 0 Å². The molecule has 130 valence electrons. The zero-order valence-electron chi connectivity index (χ0n) is 13.3. The fourth-order valence-corrected chi connectivity index (χ4v) is 6.95. The number of benzene rings is 1. The van der Waals surface area contributed by atoms with Crippen molar-refractivity contribution in [2.24, 2.45) is 4.99 Å². The predicted molar refractivity (Wildman–Crippen MR) is 93.1 cm³/mol. The molecule has 0 spiro atoms. The molecule has 0 bridgehead atoms. The number of fused-ring (bicyclic) bond motifs is 1. The van der Waals surface area contributed by atoms with Gasteiger partial charge in [-0.3, -0.25) is 4.79 Å². The number of sulfone groups is 1. The molecule has 0 radical (unpaired) electrons. The van der Waals surface area contributed by atoms with Crippen molar-refractivity contribution in [3.05, 3.63) is 35.6 Å². The average molecular weight is 370 g/mol. The van der Waals surface area contributed by atoms with Gasteiger partial charge in [0.1, 0.15) is 5.82 Å². The van der Waals surface area contributed by atoms with Crippen molar-refractivity contribution in [1.82, 2.24) is 4.90 Å². The molecule has 0 aliphatic carbocycles. The number of amides is 1. The van der Waals surface area contributed by atoms with E-state index in [2.05, 4.69) is 4.99 Å². The molecule has 2 saturated heterocycles. The SMILES string of the molecule is CCCC(=O)N=C1S[C@H]2CS(=O)(=O)C[C@H]2N1Cc1ccc(F)cc1. The molecule has 2 fully saturated rings. The third-order valence-electron chi connectivity index (χ3n) is 4.13. The lowest BCUT2D eigenvalue weighted by Crippen LogP contribution is -2.37. The zero-order chi connectivity index (χ0) is 17.3. The monoisotopic (exact) mass is 370 g/mol. The fourth-order valence-electron chi connectivity index (χ4n) is 2.98. The standard InChI is InChI=1S/C16H19FN2O3S2/c1-2-3-15(20)18-16-19(8-11-4-6-12(17)7-5-11)13-9-24(21,22)10-14(13)23-16/h4-7,13-14H,2-3,8-10H2,1H3/t13-,14+/m1/s1. The number of halogens is 1. The van der Waals surface area contributed by atoms with Gasteiger partial charge in [-0.15, -0.1) is 0 Å². The summed E-state index contributed by atoms with van der Waals surface area (Å²) < 4.78 is 36.9. The molecule has 0 aromatic heterocycles. The van der Waals surface area contributed by atoms with Crippen molar-refractivity contribution in [3.8, 4) is 0 Å². The highest BCUT2D eigenvalue weighted by atomic mass is 32.2. The molecule has 2 aliphatic heterocycles. The maximum absolute atomic E-state index is 13.1. The van der Waals surface area contributed by atoms with Crippen LogP contribution in [0.3, 0.4) is 0 Å². The summed E-state index contributed by atoms with van der Waals surface area (Å²) in [5, 5.41) is 0.492. The fraction of sp³-hybridized carbons (Fsp3) is 0.500. The number of hydrogen-bond donors (Lipinski definition) is 0. The highest BCUT2D eigenvalue weighted by Gasteiger charge is 2.48. The molecule has 8 heteroatoms. The predicted octanol–water partition coefficient (Wildman–Crippen LogP) is 2.22. The van der Waals surface area contributed by atoms with Crippen LogP contribution in [0.15, 0.2) is 29.3 Å². The Kier molecular flexibility index (Phi) is 4.96. The lowest BCUT2D eigenvalue weighted by Gasteiger charge is -2.24. The van der Waals surface area contributed by atoms with Gasteiger partial charge in [-0.1, -0.05) is 30.8 Å². The summed E-state index contributed by atoms with van der Waals surface area (Å²) >= 11 is 1.37. The third kappa shape index (κ3) is 3.80. The molecule has 0 unspecified atom stereocenters. The zero-order valence-corrected chi connectivity index (χ0v) is 14.9. The average Bonchev–Trinajstić information content (AvgIpc) is 2.95. The summed E-state index contributed by atoms with van der Waals surface area (Å²) in [5.74, 6) is -0.314. The number of hydrogen-bond acceptors (Lipinski definition) is 4. The van der Waals surface area contributed by atoms with E-state index in [0.717, 1.165) is 12.0 Å². The number of carbonyl (C=O) groups excluding carboxylic acids is 1. The summed E-state index contributed by atoms with van der Waals surface area (Å²) in [5.41, 5.74) is 0.859. The van der Waals surface area contributed by atoms with Gasteiger partial charge >= 0.3 is 0 Å². The van der Waals surface area contributed by atoms with Crippen molar-refractivity contribution >= 4 is 32.7 Å². The second-order valence-corrected chi connectivity index (χ2v) is 9.45. The summed E-state index contributed by atoms with van der Waals surface area (Å²) in [6, 6.07) is 5.91. The van der Waals surface area contributed by atoms with Crippen molar-refractivity contribution in [3.63, 3.8) is 0 Å². The van der Waals surface area contributed by atoms with Crippen LogP contribution in [-0.2, 0) is 21.2 Å². The summed E-state index contributed by atoms with van der Waals surface area (Å²) in [4.78, 5) is 18.0. The maximum atomic E-state index is 13.1. The van der Waals surface area contributed by atoms with E-state index in [1.807, 2.05) is 11.8 Å². The summed E-state index contributed by atoms with van der Waals surface area (Å²) in [7, 11) is -3.06. The Morgan fingerprint density at radius 3 is 2.71 bits per heavy atom. The van der Waals surface area contributed by atoms with Crippen LogP contribution in [0.5, 0.6) is 0 Å². The number of amidine groups is 1. The number of carbonyl (C=O) groups is 1. The van der Waals surface area contributed by atoms with E-state index < -0.39 is 9.84 Å². The van der Waals surface area contributed by atoms with Gasteiger partial charge in [-0.25, -0.2) is 12.8 Å². The molecule has 2 heterocycles. The van der Waals surface area contributed by atoms with Crippen LogP contribution in [0.25, 0.3) is 0 Å². The Bertz CT molecular complexity index is 762. The first kappa shape index (κ1) is 17.4. The second kappa shape index (κ2) is 6.84. The van der Waals surface area contributed by atoms with E-state index in [9.17, 15) is 17.6 Å². The van der Waals surface area contributed by atoms with Crippen LogP contribution >= 0.6 is 11.8 Å². The van der Waals surface area contributed by atoms with Crippen LogP contribution in [0.4, 0.5) is 4.39 Å². The molecule has 1 aromatic carbocycles. The molecule has 1 amide bonds. The van der Waals surface area contributed by atoms with Crippen molar-refractivity contribution in [1.29, 1.82) is 0 Å². The number of nitrogens with zero attached hydrogens (tertiary/aromatic N) is 2. The number of aliphatic imine (C=N–C) groups is 1. The second-order valence-electron chi connectivity index (χ2n) is 6.09. The Labute approximate surface area is 145 Å². The molecule has 2 aliphatic rings. The van der Waals surface area contributed by atoms with E-state index in [1.165, 1.54) is 23.9 Å². The van der Waals surface area contributed by atoms with Crippen LogP contribution in [0.2, 0.25) is 0 Å². The molecule has 3 rings (SSSR count). The van der Waals surface area contributed by atoms with Crippen molar-refractivity contribution in [2.45, 2.75) is 37.6 Å². The molecule has 0 N–H and O–H groups in total. The Morgan fingerprint density at radius 1 is 1.33 bits per heavy atom. The lowest BCUT2D eigenvalue weighted by atomic mass is 10.1. The minimum atomic E-state index is -3.06. The van der Waals surface area contributed by atoms with E-state index in [1.54, 1.807) is 12.1 Å². The maximum Gasteiger partial charge on any atom is 0.248 e. The van der Waals surface area contributed by atoms with Crippen LogP contribution in [0, 0.1) is 5.82 Å². The first-order valence-corrected chi connectivity index (χ1v) is 10.6.